The molecule has 0 amide bonds. The quantitative estimate of drug-likeness (QED) is 0.198. The van der Waals surface area contributed by atoms with E-state index < -0.39 is 13.2 Å². The first kappa shape index (κ1) is 25.5. The number of aryl methyl sites for hydroxylation is 1. The zero-order valence-electron chi connectivity index (χ0n) is 18.9. The van der Waals surface area contributed by atoms with Crippen molar-refractivity contribution in [3.63, 3.8) is 0 Å². The van der Waals surface area contributed by atoms with E-state index in [1.165, 1.54) is 12.4 Å². The highest BCUT2D eigenvalue weighted by atomic mass is 31.2. The van der Waals surface area contributed by atoms with Crippen LogP contribution in [0.1, 0.15) is 17.5 Å². The lowest BCUT2D eigenvalue weighted by Crippen LogP contribution is -2.14. The van der Waals surface area contributed by atoms with E-state index in [0.717, 1.165) is 11.1 Å². The fourth-order valence-electron chi connectivity index (χ4n) is 2.99. The number of imidazole rings is 1. The fourth-order valence-corrected chi connectivity index (χ4v) is 4.36. The zero-order chi connectivity index (χ0) is 24.6. The summed E-state index contributed by atoms with van der Waals surface area (Å²) < 4.78 is 31.5. The molecule has 11 nitrogen and oxygen atoms in total. The lowest BCUT2D eigenvalue weighted by atomic mass is 10.2. The van der Waals surface area contributed by atoms with Crippen LogP contribution in [0, 0.1) is 6.92 Å². The van der Waals surface area contributed by atoms with Crippen molar-refractivity contribution in [1.29, 1.82) is 0 Å². The molecule has 1 unspecified atom stereocenters. The second-order valence-corrected chi connectivity index (χ2v) is 9.76. The molecule has 3 aromatic rings. The number of hydrogen-bond donors (Lipinski definition) is 2. The van der Waals surface area contributed by atoms with E-state index in [0.29, 0.717) is 12.2 Å². The number of rotatable bonds is 14. The van der Waals surface area contributed by atoms with Gasteiger partial charge in [0.15, 0.2) is 16.9 Å². The van der Waals surface area contributed by atoms with Gasteiger partial charge < -0.3 is 24.1 Å². The molecule has 0 fully saturated rings. The van der Waals surface area contributed by atoms with Crippen molar-refractivity contribution in [2.24, 2.45) is 0 Å². The Labute approximate surface area is 196 Å². The number of nitrogens with one attached hydrogen (secondary N) is 1. The highest BCUT2D eigenvalue weighted by molar-refractivity contribution is 7.53. The predicted molar refractivity (Wildman–Crippen MR) is 128 cm³/mol. The lowest BCUT2D eigenvalue weighted by Gasteiger charge is -2.18. The Kier molecular flexibility index (Phi) is 8.89. The fraction of sp³-hybridized carbons (Fsp3) is 0.364. The Morgan fingerprint density at radius 3 is 2.76 bits per heavy atom. The number of allylic oxidation sites excluding steroid dienone is 1. The van der Waals surface area contributed by atoms with Gasteiger partial charge in [0, 0.05) is 13.0 Å². The molecule has 3 N–H and O–H groups in total. The number of nitrogens with zero attached hydrogens (tertiary/aromatic N) is 3. The number of nitrogens with two attached hydrogens (primary N) is 1. The summed E-state index contributed by atoms with van der Waals surface area (Å²) in [6.07, 6.45) is 3.02. The molecule has 0 aliphatic carbocycles. The third-order valence-corrected chi connectivity index (χ3v) is 6.60. The minimum atomic E-state index is -3.60. The SMILES string of the molecule is C=CCC(=O)COP(=O)(CCOCCn1cnc2c(=O)[nH]c(N)nc21)OCc1ccc(C)cc1. The van der Waals surface area contributed by atoms with Crippen LogP contribution in [-0.2, 0) is 36.3 Å². The summed E-state index contributed by atoms with van der Waals surface area (Å²) in [6, 6.07) is 7.61. The van der Waals surface area contributed by atoms with E-state index in [-0.39, 0.29) is 56.3 Å². The molecule has 0 bridgehead atoms. The number of ketones is 1. The molecule has 1 aromatic carbocycles. The number of carbonyl (C=O) groups excluding carboxylic acids is 1. The van der Waals surface area contributed by atoms with Gasteiger partial charge in [0.1, 0.15) is 6.61 Å². The average molecular weight is 489 g/mol. The van der Waals surface area contributed by atoms with Gasteiger partial charge in [0.25, 0.3) is 5.56 Å². The van der Waals surface area contributed by atoms with Crippen molar-refractivity contribution in [1.82, 2.24) is 19.5 Å². The Hall–Kier alpha value is -3.11. The van der Waals surface area contributed by atoms with Gasteiger partial charge in [0.05, 0.1) is 32.3 Å². The number of aromatic nitrogens is 4. The largest absolute Gasteiger partial charge is 0.379 e. The molecule has 0 spiro atoms. The summed E-state index contributed by atoms with van der Waals surface area (Å²) in [7, 11) is -3.60. The second-order valence-electron chi connectivity index (χ2n) is 7.57. The molecule has 3 rings (SSSR count). The van der Waals surface area contributed by atoms with Gasteiger partial charge in [0.2, 0.25) is 5.95 Å². The molecular formula is C22H28N5O6P. The predicted octanol–water partition coefficient (Wildman–Crippen LogP) is 2.60. The Balaban J connectivity index is 1.54. The maximum absolute atomic E-state index is 13.2. The Bertz CT molecular complexity index is 1240. The number of fused-ring (bicyclic) bond motifs is 1. The van der Waals surface area contributed by atoms with Crippen molar-refractivity contribution in [2.45, 2.75) is 26.5 Å². The van der Waals surface area contributed by atoms with Gasteiger partial charge in [-0.2, -0.15) is 4.98 Å². The Morgan fingerprint density at radius 1 is 1.26 bits per heavy atom. The molecule has 34 heavy (non-hydrogen) atoms. The molecule has 0 saturated heterocycles. The van der Waals surface area contributed by atoms with Crippen LogP contribution in [0.3, 0.4) is 0 Å². The number of anilines is 1. The lowest BCUT2D eigenvalue weighted by molar-refractivity contribution is -0.120. The average Bonchev–Trinajstić information content (AvgIpc) is 3.20. The zero-order valence-corrected chi connectivity index (χ0v) is 19.8. The maximum atomic E-state index is 13.2. The van der Waals surface area contributed by atoms with E-state index in [1.54, 1.807) is 4.57 Å². The van der Waals surface area contributed by atoms with Gasteiger partial charge in [-0.15, -0.1) is 6.58 Å². The monoisotopic (exact) mass is 489 g/mol. The minimum Gasteiger partial charge on any atom is -0.379 e. The van der Waals surface area contributed by atoms with E-state index >= 15 is 0 Å². The summed E-state index contributed by atoms with van der Waals surface area (Å²) in [5.74, 6) is -0.251. The molecule has 1 atom stereocenters. The number of ether oxygens (including phenoxy) is 1. The molecule has 0 saturated carbocycles. The second kappa shape index (κ2) is 11.8. The van der Waals surface area contributed by atoms with E-state index in [9.17, 15) is 14.2 Å². The molecule has 2 aromatic heterocycles. The molecule has 2 heterocycles. The number of hydrogen-bond acceptors (Lipinski definition) is 9. The summed E-state index contributed by atoms with van der Waals surface area (Å²) in [5.41, 5.74) is 7.64. The first-order valence-electron chi connectivity index (χ1n) is 10.6. The van der Waals surface area contributed by atoms with Crippen molar-refractivity contribution in [3.05, 3.63) is 64.7 Å². The third-order valence-electron chi connectivity index (χ3n) is 4.82. The summed E-state index contributed by atoms with van der Waals surface area (Å²) >= 11 is 0. The first-order chi connectivity index (χ1) is 16.3. The van der Waals surface area contributed by atoms with Gasteiger partial charge >= 0.3 is 7.60 Å². The van der Waals surface area contributed by atoms with E-state index in [2.05, 4.69) is 21.5 Å². The standard InChI is InChI=1S/C22H28N5O6P/c1-3-4-18(28)14-33-34(30,32-13-17-7-5-16(2)6-8-17)12-11-31-10-9-27-15-24-19-20(27)25-22(23)26-21(19)29/h3,5-8,15H,1,4,9-14H2,2H3,(H3,23,25,26,29). The van der Waals surface area contributed by atoms with Gasteiger partial charge in [-0.1, -0.05) is 35.9 Å². The van der Waals surface area contributed by atoms with E-state index in [1.807, 2.05) is 31.2 Å². The smallest absolute Gasteiger partial charge is 0.333 e. The minimum absolute atomic E-state index is 0.00465. The van der Waals surface area contributed by atoms with Crippen molar-refractivity contribution < 1.29 is 23.1 Å². The van der Waals surface area contributed by atoms with Gasteiger partial charge in [-0.25, -0.2) is 4.98 Å². The molecule has 182 valence electrons. The van der Waals surface area contributed by atoms with Crippen LogP contribution in [0.25, 0.3) is 11.2 Å². The van der Waals surface area contributed by atoms with Crippen LogP contribution >= 0.6 is 7.60 Å². The number of aromatic amines is 1. The molecular weight excluding hydrogens is 461 g/mol. The molecule has 0 aliphatic heterocycles. The van der Waals surface area contributed by atoms with Crippen LogP contribution in [0.15, 0.2) is 48.0 Å². The van der Waals surface area contributed by atoms with Crippen LogP contribution in [-0.4, -0.2) is 51.3 Å². The van der Waals surface area contributed by atoms with Crippen molar-refractivity contribution in [2.75, 3.05) is 31.7 Å². The number of nitrogen functional groups attached to an aromatic ring is 1. The Morgan fingerprint density at radius 2 is 2.03 bits per heavy atom. The third kappa shape index (κ3) is 7.19. The highest BCUT2D eigenvalue weighted by Crippen LogP contribution is 2.48. The summed E-state index contributed by atoms with van der Waals surface area (Å²) in [5, 5.41) is 0. The first-order valence-corrected chi connectivity index (χ1v) is 12.4. The van der Waals surface area contributed by atoms with Crippen molar-refractivity contribution >= 4 is 30.5 Å². The summed E-state index contributed by atoms with van der Waals surface area (Å²) in [6.45, 7) is 5.88. The topological polar surface area (TPSA) is 151 Å². The summed E-state index contributed by atoms with van der Waals surface area (Å²) in [4.78, 5) is 34.2. The number of Topliss-reactive ketones (excluding diaryl/α,β-unsaturated/α-hetero) is 1. The van der Waals surface area contributed by atoms with Crippen molar-refractivity contribution in [3.8, 4) is 0 Å². The molecule has 12 heteroatoms. The normalized spacial score (nSPS) is 13.1. The van der Waals surface area contributed by atoms with Gasteiger partial charge in [-0.05, 0) is 12.5 Å². The maximum Gasteiger partial charge on any atom is 0.333 e. The number of H-pyrrole nitrogens is 1. The molecule has 0 radical (unpaired) electrons. The van der Waals surface area contributed by atoms with Crippen LogP contribution in [0.2, 0.25) is 0 Å². The van der Waals surface area contributed by atoms with Crippen LogP contribution in [0.4, 0.5) is 5.95 Å². The van der Waals surface area contributed by atoms with Crippen LogP contribution in [0.5, 0.6) is 0 Å². The molecule has 0 aliphatic rings. The van der Waals surface area contributed by atoms with Crippen LogP contribution < -0.4 is 11.3 Å². The number of benzene rings is 1. The van der Waals surface area contributed by atoms with Gasteiger partial charge in [-0.3, -0.25) is 19.1 Å². The number of carbonyl (C=O) groups is 1. The highest BCUT2D eigenvalue weighted by Gasteiger charge is 2.26. The van der Waals surface area contributed by atoms with E-state index in [4.69, 9.17) is 19.5 Å².